The summed E-state index contributed by atoms with van der Waals surface area (Å²) in [6.07, 6.45) is 4.31. The first-order valence-corrected chi connectivity index (χ1v) is 6.75. The van der Waals surface area contributed by atoms with E-state index >= 15 is 0 Å². The van der Waals surface area contributed by atoms with Gasteiger partial charge in [0.25, 0.3) is 0 Å². The fraction of sp³-hybridized carbons (Fsp3) is 1.00. The minimum atomic E-state index is 0.740. The van der Waals surface area contributed by atoms with Gasteiger partial charge in [0.1, 0.15) is 0 Å². The number of rotatable bonds is 1. The van der Waals surface area contributed by atoms with Gasteiger partial charge in [0.05, 0.1) is 0 Å². The van der Waals surface area contributed by atoms with E-state index in [4.69, 9.17) is 0 Å². The van der Waals surface area contributed by atoms with E-state index < -0.39 is 0 Å². The molecule has 0 aromatic heterocycles. The third-order valence-electron chi connectivity index (χ3n) is 3.60. The Morgan fingerprint density at radius 2 is 1.73 bits per heavy atom. The lowest BCUT2D eigenvalue weighted by atomic mass is 9.99. The van der Waals surface area contributed by atoms with Crippen LogP contribution in [0.25, 0.3) is 0 Å². The molecule has 1 unspecified atom stereocenters. The first kappa shape index (κ1) is 13.0. The summed E-state index contributed by atoms with van der Waals surface area (Å²) in [5.74, 6) is 0. The predicted molar refractivity (Wildman–Crippen MR) is 67.3 cm³/mol. The molecule has 2 heterocycles. The molecule has 0 saturated carbocycles. The molecule has 2 aliphatic rings. The second kappa shape index (κ2) is 6.49. The third-order valence-corrected chi connectivity index (χ3v) is 3.60. The van der Waals surface area contributed by atoms with Crippen molar-refractivity contribution in [1.82, 2.24) is 9.80 Å². The van der Waals surface area contributed by atoms with Crippen molar-refractivity contribution >= 4 is 0 Å². The van der Waals surface area contributed by atoms with Crippen molar-refractivity contribution in [2.45, 2.75) is 59.0 Å². The summed E-state index contributed by atoms with van der Waals surface area (Å²) in [6.45, 7) is 13.9. The second-order valence-corrected chi connectivity index (χ2v) is 4.77. The van der Waals surface area contributed by atoms with Gasteiger partial charge in [0.15, 0.2) is 0 Å². The van der Waals surface area contributed by atoms with Gasteiger partial charge in [-0.2, -0.15) is 0 Å². The first-order valence-electron chi connectivity index (χ1n) is 6.75. The molecule has 2 heteroatoms. The standard InChI is InChI=1S/C11H22N2.C2H6/c1-10(2)13-8-7-12-6-4-3-5-11(12)9-13;1-2/h10-11H,3-9H2,1-2H3;1-2H3. The van der Waals surface area contributed by atoms with Crippen LogP contribution in [0.15, 0.2) is 0 Å². The lowest BCUT2D eigenvalue weighted by Gasteiger charge is -2.45. The molecular formula is C13H28N2. The van der Waals surface area contributed by atoms with Crippen LogP contribution in [0.4, 0.5) is 0 Å². The maximum Gasteiger partial charge on any atom is 0.0223 e. The summed E-state index contributed by atoms with van der Waals surface area (Å²) in [7, 11) is 0. The van der Waals surface area contributed by atoms with E-state index in [0.717, 1.165) is 12.1 Å². The van der Waals surface area contributed by atoms with Crippen LogP contribution < -0.4 is 0 Å². The van der Waals surface area contributed by atoms with Crippen molar-refractivity contribution in [2.75, 3.05) is 26.2 Å². The van der Waals surface area contributed by atoms with Gasteiger partial charge < -0.3 is 0 Å². The molecule has 90 valence electrons. The number of piperidine rings is 1. The summed E-state index contributed by atoms with van der Waals surface area (Å²) in [6, 6.07) is 1.62. The molecule has 0 aliphatic carbocycles. The predicted octanol–water partition coefficient (Wildman–Crippen LogP) is 2.59. The van der Waals surface area contributed by atoms with Crippen LogP contribution in [0.5, 0.6) is 0 Å². The lowest BCUT2D eigenvalue weighted by molar-refractivity contribution is 0.0348. The molecule has 2 saturated heterocycles. The van der Waals surface area contributed by atoms with Crippen molar-refractivity contribution in [1.29, 1.82) is 0 Å². The monoisotopic (exact) mass is 212 g/mol. The average Bonchev–Trinajstić information content (AvgIpc) is 2.31. The number of hydrogen-bond acceptors (Lipinski definition) is 2. The summed E-state index contributed by atoms with van der Waals surface area (Å²) in [4.78, 5) is 5.33. The summed E-state index contributed by atoms with van der Waals surface area (Å²) < 4.78 is 0. The van der Waals surface area contributed by atoms with Crippen molar-refractivity contribution < 1.29 is 0 Å². The van der Waals surface area contributed by atoms with E-state index in [9.17, 15) is 0 Å². The van der Waals surface area contributed by atoms with E-state index in [1.165, 1.54) is 45.4 Å². The first-order chi connectivity index (χ1) is 7.27. The van der Waals surface area contributed by atoms with Crippen molar-refractivity contribution in [3.63, 3.8) is 0 Å². The Bertz CT molecular complexity index is 168. The van der Waals surface area contributed by atoms with Crippen LogP contribution in [0.1, 0.15) is 47.0 Å². The van der Waals surface area contributed by atoms with Crippen molar-refractivity contribution in [2.24, 2.45) is 0 Å². The highest BCUT2D eigenvalue weighted by Crippen LogP contribution is 2.21. The van der Waals surface area contributed by atoms with Gasteiger partial charge in [-0.1, -0.05) is 20.3 Å². The van der Waals surface area contributed by atoms with Gasteiger partial charge in [0, 0.05) is 31.7 Å². The number of piperazine rings is 1. The molecule has 1 atom stereocenters. The highest BCUT2D eigenvalue weighted by atomic mass is 15.3. The van der Waals surface area contributed by atoms with Crippen LogP contribution in [0.3, 0.4) is 0 Å². The number of nitrogens with zero attached hydrogens (tertiary/aromatic N) is 2. The minimum absolute atomic E-state index is 0.740. The molecule has 0 aromatic rings. The van der Waals surface area contributed by atoms with Crippen LogP contribution in [0, 0.1) is 0 Å². The number of hydrogen-bond donors (Lipinski definition) is 0. The van der Waals surface area contributed by atoms with Gasteiger partial charge in [-0.3, -0.25) is 9.80 Å². The Kier molecular flexibility index (Phi) is 5.62. The van der Waals surface area contributed by atoms with Crippen LogP contribution in [0.2, 0.25) is 0 Å². The molecule has 2 fully saturated rings. The maximum atomic E-state index is 2.70. The Labute approximate surface area is 95.6 Å². The SMILES string of the molecule is CC.CC(C)N1CCN2CCCCC2C1. The van der Waals surface area contributed by atoms with Crippen LogP contribution >= 0.6 is 0 Å². The van der Waals surface area contributed by atoms with Crippen molar-refractivity contribution in [3.8, 4) is 0 Å². The number of fused-ring (bicyclic) bond motifs is 1. The lowest BCUT2D eigenvalue weighted by Crippen LogP contribution is -2.56. The van der Waals surface area contributed by atoms with Crippen LogP contribution in [-0.2, 0) is 0 Å². The quantitative estimate of drug-likeness (QED) is 0.659. The highest BCUT2D eigenvalue weighted by Gasteiger charge is 2.29. The Balaban J connectivity index is 0.000000531. The maximum absolute atomic E-state index is 2.70. The van der Waals surface area contributed by atoms with Gasteiger partial charge in [0.2, 0.25) is 0 Å². The molecule has 2 nitrogen and oxygen atoms in total. The Hall–Kier alpha value is -0.0800. The Morgan fingerprint density at radius 1 is 1.00 bits per heavy atom. The zero-order valence-electron chi connectivity index (χ0n) is 11.0. The Morgan fingerprint density at radius 3 is 2.40 bits per heavy atom. The fourth-order valence-electron chi connectivity index (χ4n) is 2.65. The van der Waals surface area contributed by atoms with Crippen molar-refractivity contribution in [3.05, 3.63) is 0 Å². The molecule has 15 heavy (non-hydrogen) atoms. The second-order valence-electron chi connectivity index (χ2n) is 4.77. The smallest absolute Gasteiger partial charge is 0.0223 e. The van der Waals surface area contributed by atoms with Crippen LogP contribution in [-0.4, -0.2) is 48.1 Å². The molecule has 0 amide bonds. The molecule has 0 aromatic carbocycles. The molecule has 0 N–H and O–H groups in total. The van der Waals surface area contributed by atoms with Gasteiger partial charge in [-0.15, -0.1) is 0 Å². The van der Waals surface area contributed by atoms with E-state index in [1.54, 1.807) is 0 Å². The zero-order valence-corrected chi connectivity index (χ0v) is 11.0. The molecule has 0 radical (unpaired) electrons. The van der Waals surface area contributed by atoms with Gasteiger partial charge in [-0.25, -0.2) is 0 Å². The summed E-state index contributed by atoms with van der Waals surface area (Å²) >= 11 is 0. The summed E-state index contributed by atoms with van der Waals surface area (Å²) in [5.41, 5.74) is 0. The minimum Gasteiger partial charge on any atom is -0.298 e. The third kappa shape index (κ3) is 3.46. The normalized spacial score (nSPS) is 28.2. The van der Waals surface area contributed by atoms with E-state index in [1.807, 2.05) is 13.8 Å². The largest absolute Gasteiger partial charge is 0.298 e. The molecule has 0 spiro atoms. The average molecular weight is 212 g/mol. The van der Waals surface area contributed by atoms with E-state index in [2.05, 4.69) is 23.6 Å². The molecule has 0 bridgehead atoms. The van der Waals surface area contributed by atoms with E-state index in [-0.39, 0.29) is 0 Å². The van der Waals surface area contributed by atoms with E-state index in [0.29, 0.717) is 0 Å². The molecule has 2 aliphatic heterocycles. The topological polar surface area (TPSA) is 6.48 Å². The molecular weight excluding hydrogens is 184 g/mol. The fourth-order valence-corrected chi connectivity index (χ4v) is 2.65. The van der Waals surface area contributed by atoms with Gasteiger partial charge in [-0.05, 0) is 33.2 Å². The zero-order chi connectivity index (χ0) is 11.3. The van der Waals surface area contributed by atoms with Gasteiger partial charge >= 0.3 is 0 Å². The molecule has 2 rings (SSSR count). The highest BCUT2D eigenvalue weighted by molar-refractivity contribution is 4.85. The summed E-state index contributed by atoms with van der Waals surface area (Å²) in [5, 5.41) is 0.